The van der Waals surface area contributed by atoms with Gasteiger partial charge in [-0.25, -0.2) is 9.78 Å². The first-order valence-corrected chi connectivity index (χ1v) is 6.48. The van der Waals surface area contributed by atoms with Crippen LogP contribution in [0.15, 0.2) is 48.7 Å². The molecule has 0 spiro atoms. The SMILES string of the molecule is O=C(Nc1ccccn1)N[C@@H]1c2ccccc2C[C@@H]1O. The fourth-order valence-corrected chi connectivity index (χ4v) is 2.48. The number of aliphatic hydroxyl groups is 1. The van der Waals surface area contributed by atoms with Crippen molar-refractivity contribution in [1.82, 2.24) is 10.3 Å². The first-order chi connectivity index (χ1) is 9.74. The lowest BCUT2D eigenvalue weighted by Crippen LogP contribution is -2.36. The molecule has 5 nitrogen and oxygen atoms in total. The zero-order chi connectivity index (χ0) is 13.9. The number of aromatic nitrogens is 1. The molecule has 1 heterocycles. The Hall–Kier alpha value is -2.40. The van der Waals surface area contributed by atoms with Gasteiger partial charge < -0.3 is 10.4 Å². The Balaban J connectivity index is 1.70. The predicted molar refractivity (Wildman–Crippen MR) is 75.3 cm³/mol. The molecule has 102 valence electrons. The second-order valence-electron chi connectivity index (χ2n) is 4.76. The zero-order valence-corrected chi connectivity index (χ0v) is 10.8. The van der Waals surface area contributed by atoms with Crippen LogP contribution in [0.1, 0.15) is 17.2 Å². The summed E-state index contributed by atoms with van der Waals surface area (Å²) in [6.45, 7) is 0. The lowest BCUT2D eigenvalue weighted by molar-refractivity contribution is 0.144. The van der Waals surface area contributed by atoms with Crippen LogP contribution in [0.2, 0.25) is 0 Å². The van der Waals surface area contributed by atoms with E-state index in [0.717, 1.165) is 11.1 Å². The van der Waals surface area contributed by atoms with Gasteiger partial charge in [0.25, 0.3) is 0 Å². The number of fused-ring (bicyclic) bond motifs is 1. The number of carbonyl (C=O) groups excluding carboxylic acids is 1. The van der Waals surface area contributed by atoms with Gasteiger partial charge in [0.2, 0.25) is 0 Å². The molecule has 1 aromatic heterocycles. The molecule has 3 rings (SSSR count). The van der Waals surface area contributed by atoms with Gasteiger partial charge in [0, 0.05) is 12.6 Å². The standard InChI is InChI=1S/C15H15N3O2/c19-12-9-10-5-1-2-6-11(10)14(12)18-15(20)17-13-7-3-4-8-16-13/h1-8,12,14,19H,9H2,(H2,16,17,18,20)/t12-,14+/m0/s1. The molecule has 1 aliphatic carbocycles. The minimum atomic E-state index is -0.595. The molecule has 0 aliphatic heterocycles. The number of benzene rings is 1. The maximum atomic E-state index is 12.0. The number of amides is 2. The van der Waals surface area contributed by atoms with Gasteiger partial charge in [-0.2, -0.15) is 0 Å². The van der Waals surface area contributed by atoms with Crippen molar-refractivity contribution in [2.24, 2.45) is 0 Å². The van der Waals surface area contributed by atoms with Crippen molar-refractivity contribution in [1.29, 1.82) is 0 Å². The van der Waals surface area contributed by atoms with Gasteiger partial charge >= 0.3 is 6.03 Å². The first-order valence-electron chi connectivity index (χ1n) is 6.48. The van der Waals surface area contributed by atoms with Gasteiger partial charge in [-0.1, -0.05) is 30.3 Å². The number of nitrogens with one attached hydrogen (secondary N) is 2. The maximum Gasteiger partial charge on any atom is 0.320 e. The molecule has 0 bridgehead atoms. The minimum absolute atomic E-state index is 0.371. The quantitative estimate of drug-likeness (QED) is 0.779. The predicted octanol–water partition coefficient (Wildman–Crippen LogP) is 1.86. The Kier molecular flexibility index (Phi) is 3.35. The Morgan fingerprint density at radius 3 is 2.80 bits per heavy atom. The number of anilines is 1. The van der Waals surface area contributed by atoms with E-state index in [0.29, 0.717) is 12.2 Å². The first kappa shape index (κ1) is 12.6. The number of pyridine rings is 1. The third-order valence-electron chi connectivity index (χ3n) is 3.40. The molecule has 0 saturated heterocycles. The van der Waals surface area contributed by atoms with Crippen LogP contribution in [-0.4, -0.2) is 22.2 Å². The Morgan fingerprint density at radius 2 is 2.00 bits per heavy atom. The Labute approximate surface area is 116 Å². The lowest BCUT2D eigenvalue weighted by atomic mass is 10.1. The summed E-state index contributed by atoms with van der Waals surface area (Å²) in [5.41, 5.74) is 2.04. The Morgan fingerprint density at radius 1 is 1.20 bits per heavy atom. The summed E-state index contributed by atoms with van der Waals surface area (Å²) in [4.78, 5) is 16.0. The monoisotopic (exact) mass is 269 g/mol. The van der Waals surface area contributed by atoms with E-state index in [-0.39, 0.29) is 12.1 Å². The molecule has 1 aliphatic rings. The summed E-state index contributed by atoms with van der Waals surface area (Å²) >= 11 is 0. The fraction of sp³-hybridized carbons (Fsp3) is 0.200. The zero-order valence-electron chi connectivity index (χ0n) is 10.8. The number of carbonyl (C=O) groups is 1. The van der Waals surface area contributed by atoms with Crippen molar-refractivity contribution >= 4 is 11.8 Å². The number of aliphatic hydroxyl groups excluding tert-OH is 1. The third kappa shape index (κ3) is 2.48. The van der Waals surface area contributed by atoms with Gasteiger partial charge in [-0.3, -0.25) is 5.32 Å². The van der Waals surface area contributed by atoms with Gasteiger partial charge in [0.1, 0.15) is 5.82 Å². The fourth-order valence-electron chi connectivity index (χ4n) is 2.48. The molecule has 2 amide bonds. The smallest absolute Gasteiger partial charge is 0.320 e. The molecule has 2 aromatic rings. The van der Waals surface area contributed by atoms with Crippen LogP contribution in [-0.2, 0) is 6.42 Å². The summed E-state index contributed by atoms with van der Waals surface area (Å²) in [5, 5.41) is 15.5. The van der Waals surface area contributed by atoms with Gasteiger partial charge in [-0.15, -0.1) is 0 Å². The highest BCUT2D eigenvalue weighted by Crippen LogP contribution is 2.31. The van der Waals surface area contributed by atoms with E-state index in [2.05, 4.69) is 15.6 Å². The maximum absolute atomic E-state index is 12.0. The van der Waals surface area contributed by atoms with Crippen LogP contribution in [0, 0.1) is 0 Å². The molecule has 0 radical (unpaired) electrons. The molecular formula is C15H15N3O2. The lowest BCUT2D eigenvalue weighted by Gasteiger charge is -2.18. The average Bonchev–Trinajstić information content (AvgIpc) is 2.76. The van der Waals surface area contributed by atoms with Gasteiger partial charge in [0.05, 0.1) is 12.1 Å². The van der Waals surface area contributed by atoms with Crippen molar-refractivity contribution in [3.05, 3.63) is 59.8 Å². The van der Waals surface area contributed by atoms with E-state index >= 15 is 0 Å². The molecule has 0 fully saturated rings. The number of hydrogen-bond acceptors (Lipinski definition) is 3. The summed E-state index contributed by atoms with van der Waals surface area (Å²) in [6, 6.07) is 12.3. The molecule has 0 saturated carbocycles. The van der Waals surface area contributed by atoms with Crippen LogP contribution in [0.3, 0.4) is 0 Å². The van der Waals surface area contributed by atoms with Gasteiger partial charge in [-0.05, 0) is 23.3 Å². The highest BCUT2D eigenvalue weighted by atomic mass is 16.3. The second-order valence-corrected chi connectivity index (χ2v) is 4.76. The van der Waals surface area contributed by atoms with E-state index in [4.69, 9.17) is 0 Å². The van der Waals surface area contributed by atoms with Crippen LogP contribution in [0.25, 0.3) is 0 Å². The minimum Gasteiger partial charge on any atom is -0.390 e. The molecular weight excluding hydrogens is 254 g/mol. The second kappa shape index (κ2) is 5.30. The Bertz CT molecular complexity index is 616. The normalized spacial score (nSPS) is 20.2. The van der Waals surface area contributed by atoms with Crippen molar-refractivity contribution in [2.75, 3.05) is 5.32 Å². The molecule has 5 heteroatoms. The van der Waals surface area contributed by atoms with E-state index in [1.807, 2.05) is 24.3 Å². The molecule has 20 heavy (non-hydrogen) atoms. The third-order valence-corrected chi connectivity index (χ3v) is 3.40. The van der Waals surface area contributed by atoms with Crippen LogP contribution in [0.4, 0.5) is 10.6 Å². The summed E-state index contributed by atoms with van der Waals surface area (Å²) < 4.78 is 0. The van der Waals surface area contributed by atoms with Crippen molar-refractivity contribution in [2.45, 2.75) is 18.6 Å². The van der Waals surface area contributed by atoms with Crippen LogP contribution in [0.5, 0.6) is 0 Å². The average molecular weight is 269 g/mol. The summed E-state index contributed by atoms with van der Waals surface area (Å²) in [7, 11) is 0. The number of urea groups is 1. The molecule has 1 aromatic carbocycles. The van der Waals surface area contributed by atoms with E-state index < -0.39 is 6.10 Å². The number of nitrogens with zero attached hydrogens (tertiary/aromatic N) is 1. The van der Waals surface area contributed by atoms with E-state index in [1.54, 1.807) is 24.4 Å². The van der Waals surface area contributed by atoms with E-state index in [1.165, 1.54) is 0 Å². The van der Waals surface area contributed by atoms with Crippen molar-refractivity contribution in [3.63, 3.8) is 0 Å². The van der Waals surface area contributed by atoms with Crippen molar-refractivity contribution < 1.29 is 9.90 Å². The summed E-state index contributed by atoms with van der Waals surface area (Å²) in [6.07, 6.45) is 1.57. The highest BCUT2D eigenvalue weighted by Gasteiger charge is 2.31. The van der Waals surface area contributed by atoms with Crippen LogP contribution < -0.4 is 10.6 Å². The highest BCUT2D eigenvalue weighted by molar-refractivity contribution is 5.88. The molecule has 2 atom stereocenters. The number of hydrogen-bond donors (Lipinski definition) is 3. The molecule has 3 N–H and O–H groups in total. The van der Waals surface area contributed by atoms with Gasteiger partial charge in [0.15, 0.2) is 0 Å². The summed E-state index contributed by atoms with van der Waals surface area (Å²) in [5.74, 6) is 0.478. The largest absolute Gasteiger partial charge is 0.390 e. The van der Waals surface area contributed by atoms with Crippen molar-refractivity contribution in [3.8, 4) is 0 Å². The topological polar surface area (TPSA) is 74.2 Å². The van der Waals surface area contributed by atoms with E-state index in [9.17, 15) is 9.90 Å². The number of rotatable bonds is 2. The van der Waals surface area contributed by atoms with Crippen LogP contribution >= 0.6 is 0 Å². The molecule has 0 unspecified atom stereocenters.